The SMILES string of the molecule is C[C@H](CCc1ccccc1)NC(=O)CN(c1cc(C(F)(F)F)ccc1Cl)S(C)(=O)=O. The predicted molar refractivity (Wildman–Crippen MR) is 111 cm³/mol. The first kappa shape index (κ1) is 24.0. The molecule has 1 atom stereocenters. The van der Waals surface area contributed by atoms with Gasteiger partial charge in [0.15, 0.2) is 0 Å². The topological polar surface area (TPSA) is 66.5 Å². The molecule has 0 aliphatic rings. The van der Waals surface area contributed by atoms with Gasteiger partial charge in [-0.2, -0.15) is 13.2 Å². The third kappa shape index (κ3) is 6.91. The van der Waals surface area contributed by atoms with Crippen LogP contribution in [-0.2, 0) is 27.4 Å². The van der Waals surface area contributed by atoms with Crippen LogP contribution in [0, 0.1) is 0 Å². The molecule has 0 aliphatic heterocycles. The van der Waals surface area contributed by atoms with Gasteiger partial charge in [0.2, 0.25) is 15.9 Å². The summed E-state index contributed by atoms with van der Waals surface area (Å²) in [6, 6.07) is 11.7. The zero-order valence-electron chi connectivity index (χ0n) is 16.4. The van der Waals surface area contributed by atoms with E-state index in [1.807, 2.05) is 30.3 Å². The zero-order valence-corrected chi connectivity index (χ0v) is 18.0. The number of rotatable bonds is 8. The van der Waals surface area contributed by atoms with Crippen LogP contribution in [0.4, 0.5) is 18.9 Å². The van der Waals surface area contributed by atoms with Crippen LogP contribution in [0.15, 0.2) is 48.5 Å². The maximum Gasteiger partial charge on any atom is 0.416 e. The highest BCUT2D eigenvalue weighted by Gasteiger charge is 2.33. The van der Waals surface area contributed by atoms with Gasteiger partial charge in [0.05, 0.1) is 22.5 Å². The van der Waals surface area contributed by atoms with Crippen molar-refractivity contribution >= 4 is 33.2 Å². The molecule has 0 heterocycles. The number of alkyl halides is 3. The molecule has 0 saturated heterocycles. The second-order valence-electron chi connectivity index (χ2n) is 6.93. The summed E-state index contributed by atoms with van der Waals surface area (Å²) in [5.74, 6) is -0.644. The Bertz CT molecular complexity index is 983. The van der Waals surface area contributed by atoms with Crippen LogP contribution in [-0.4, -0.2) is 33.2 Å². The van der Waals surface area contributed by atoms with Gasteiger partial charge in [0.1, 0.15) is 6.54 Å². The van der Waals surface area contributed by atoms with Gasteiger partial charge in [0, 0.05) is 6.04 Å². The number of nitrogens with one attached hydrogen (secondary N) is 1. The van der Waals surface area contributed by atoms with Crippen molar-refractivity contribution in [3.05, 3.63) is 64.7 Å². The Balaban J connectivity index is 2.13. The van der Waals surface area contributed by atoms with Gasteiger partial charge in [-0.1, -0.05) is 41.9 Å². The summed E-state index contributed by atoms with van der Waals surface area (Å²) in [6.45, 7) is 1.08. The number of carbonyl (C=O) groups excluding carboxylic acids is 1. The third-order valence-corrected chi connectivity index (χ3v) is 5.79. The van der Waals surface area contributed by atoms with Crippen molar-refractivity contribution in [2.24, 2.45) is 0 Å². The second kappa shape index (κ2) is 9.70. The van der Waals surface area contributed by atoms with Crippen LogP contribution in [0.25, 0.3) is 0 Å². The zero-order chi connectivity index (χ0) is 22.5. The molecule has 2 aromatic rings. The van der Waals surface area contributed by atoms with E-state index in [4.69, 9.17) is 11.6 Å². The Morgan fingerprint density at radius 2 is 1.80 bits per heavy atom. The van der Waals surface area contributed by atoms with E-state index in [1.165, 1.54) is 0 Å². The number of aryl methyl sites for hydroxylation is 1. The number of amides is 1. The predicted octanol–water partition coefficient (Wildman–Crippen LogP) is 4.26. The fraction of sp³-hybridized carbons (Fsp3) is 0.350. The van der Waals surface area contributed by atoms with E-state index < -0.39 is 39.9 Å². The van der Waals surface area contributed by atoms with Gasteiger partial charge in [-0.15, -0.1) is 0 Å². The normalized spacial score (nSPS) is 13.0. The number of nitrogens with zero attached hydrogens (tertiary/aromatic N) is 1. The Labute approximate surface area is 178 Å². The summed E-state index contributed by atoms with van der Waals surface area (Å²) < 4.78 is 64.0. The fourth-order valence-electron chi connectivity index (χ4n) is 2.81. The van der Waals surface area contributed by atoms with Crippen molar-refractivity contribution in [1.29, 1.82) is 0 Å². The van der Waals surface area contributed by atoms with E-state index in [0.29, 0.717) is 23.2 Å². The maximum atomic E-state index is 13.0. The summed E-state index contributed by atoms with van der Waals surface area (Å²) in [5.41, 5.74) is -0.375. The number of carbonyl (C=O) groups is 1. The lowest BCUT2D eigenvalue weighted by atomic mass is 10.1. The number of sulfonamides is 1. The summed E-state index contributed by atoms with van der Waals surface area (Å²) in [6.07, 6.45) is -2.57. The van der Waals surface area contributed by atoms with Gasteiger partial charge in [-0.25, -0.2) is 8.42 Å². The minimum absolute atomic E-state index is 0.210. The lowest BCUT2D eigenvalue weighted by Gasteiger charge is -2.25. The first-order valence-electron chi connectivity index (χ1n) is 9.05. The largest absolute Gasteiger partial charge is 0.416 e. The fourth-order valence-corrected chi connectivity index (χ4v) is 3.94. The molecule has 2 rings (SSSR count). The second-order valence-corrected chi connectivity index (χ2v) is 9.24. The summed E-state index contributed by atoms with van der Waals surface area (Å²) >= 11 is 5.95. The molecule has 30 heavy (non-hydrogen) atoms. The monoisotopic (exact) mass is 462 g/mol. The average Bonchev–Trinajstić information content (AvgIpc) is 2.64. The van der Waals surface area contributed by atoms with Gasteiger partial charge in [-0.3, -0.25) is 9.10 Å². The van der Waals surface area contributed by atoms with Gasteiger partial charge in [-0.05, 0) is 43.5 Å². The molecular formula is C20H22ClF3N2O3S. The van der Waals surface area contributed by atoms with Crippen LogP contribution in [0.1, 0.15) is 24.5 Å². The van der Waals surface area contributed by atoms with E-state index in [9.17, 15) is 26.4 Å². The van der Waals surface area contributed by atoms with Crippen molar-refractivity contribution in [3.63, 3.8) is 0 Å². The highest BCUT2D eigenvalue weighted by molar-refractivity contribution is 7.92. The van der Waals surface area contributed by atoms with E-state index >= 15 is 0 Å². The van der Waals surface area contributed by atoms with Crippen LogP contribution >= 0.6 is 11.6 Å². The molecule has 5 nitrogen and oxygen atoms in total. The Kier molecular flexibility index (Phi) is 7.76. The van der Waals surface area contributed by atoms with Gasteiger partial charge >= 0.3 is 6.18 Å². The lowest BCUT2D eigenvalue weighted by Crippen LogP contribution is -2.43. The van der Waals surface area contributed by atoms with E-state index in [2.05, 4.69) is 5.32 Å². The number of hydrogen-bond donors (Lipinski definition) is 1. The maximum absolute atomic E-state index is 13.0. The van der Waals surface area contributed by atoms with Gasteiger partial charge < -0.3 is 5.32 Å². The molecule has 0 bridgehead atoms. The highest BCUT2D eigenvalue weighted by Crippen LogP contribution is 2.36. The minimum Gasteiger partial charge on any atom is -0.352 e. The Hall–Kier alpha value is -2.26. The molecule has 10 heteroatoms. The molecule has 1 N–H and O–H groups in total. The number of hydrogen-bond acceptors (Lipinski definition) is 3. The molecular weight excluding hydrogens is 441 g/mol. The molecule has 0 saturated carbocycles. The molecule has 2 aromatic carbocycles. The standard InChI is InChI=1S/C20H22ClF3N2O3S/c1-14(8-9-15-6-4-3-5-7-15)25-19(27)13-26(30(2,28)29)18-12-16(20(22,23)24)10-11-17(18)21/h3-7,10-12,14H,8-9,13H2,1-2H3,(H,25,27)/t14-/m1/s1. The minimum atomic E-state index is -4.68. The molecule has 0 unspecified atom stereocenters. The molecule has 164 valence electrons. The quantitative estimate of drug-likeness (QED) is 0.637. The summed E-state index contributed by atoms with van der Waals surface area (Å²) in [4.78, 5) is 12.4. The van der Waals surface area contributed by atoms with E-state index in [-0.39, 0.29) is 11.1 Å². The first-order chi connectivity index (χ1) is 13.9. The molecule has 0 fully saturated rings. The Morgan fingerprint density at radius 1 is 1.17 bits per heavy atom. The number of halogens is 4. The Morgan fingerprint density at radius 3 is 2.37 bits per heavy atom. The van der Waals surface area contributed by atoms with Crippen LogP contribution in [0.3, 0.4) is 0 Å². The molecule has 0 radical (unpaired) electrons. The number of anilines is 1. The lowest BCUT2D eigenvalue weighted by molar-refractivity contribution is -0.137. The first-order valence-corrected chi connectivity index (χ1v) is 11.3. The summed E-state index contributed by atoms with van der Waals surface area (Å²) in [5, 5.41) is 2.47. The molecule has 0 aliphatic carbocycles. The van der Waals surface area contributed by atoms with E-state index in [1.54, 1.807) is 6.92 Å². The van der Waals surface area contributed by atoms with Gasteiger partial charge in [0.25, 0.3) is 0 Å². The van der Waals surface area contributed by atoms with E-state index in [0.717, 1.165) is 24.0 Å². The summed E-state index contributed by atoms with van der Waals surface area (Å²) in [7, 11) is -4.07. The molecule has 1 amide bonds. The molecule has 0 spiro atoms. The number of benzene rings is 2. The van der Waals surface area contributed by atoms with Crippen molar-refractivity contribution in [3.8, 4) is 0 Å². The van der Waals surface area contributed by atoms with Crippen LogP contribution in [0.5, 0.6) is 0 Å². The molecule has 0 aromatic heterocycles. The van der Waals surface area contributed by atoms with Crippen molar-refractivity contribution in [1.82, 2.24) is 5.32 Å². The highest BCUT2D eigenvalue weighted by atomic mass is 35.5. The van der Waals surface area contributed by atoms with Crippen LogP contribution < -0.4 is 9.62 Å². The van der Waals surface area contributed by atoms with Crippen LogP contribution in [0.2, 0.25) is 5.02 Å². The van der Waals surface area contributed by atoms with Crippen molar-refractivity contribution < 1.29 is 26.4 Å². The van der Waals surface area contributed by atoms with Crippen molar-refractivity contribution in [2.75, 3.05) is 17.1 Å². The third-order valence-electron chi connectivity index (χ3n) is 4.35. The van der Waals surface area contributed by atoms with Crippen molar-refractivity contribution in [2.45, 2.75) is 32.0 Å². The smallest absolute Gasteiger partial charge is 0.352 e. The average molecular weight is 463 g/mol.